The molecule has 21 heavy (non-hydrogen) atoms. The van der Waals surface area contributed by atoms with E-state index in [4.69, 9.17) is 5.73 Å². The minimum absolute atomic E-state index is 0.0446. The molecule has 7 nitrogen and oxygen atoms in total. The monoisotopic (exact) mass is 287 g/mol. The van der Waals surface area contributed by atoms with Crippen molar-refractivity contribution in [3.05, 3.63) is 30.0 Å². The van der Waals surface area contributed by atoms with Gasteiger partial charge in [-0.15, -0.1) is 0 Å². The predicted octanol–water partition coefficient (Wildman–Crippen LogP) is 0.420. The number of anilines is 1. The number of fused-ring (bicyclic) bond motifs is 1. The van der Waals surface area contributed by atoms with Gasteiger partial charge in [-0.2, -0.15) is 0 Å². The minimum Gasteiger partial charge on any atom is -0.368 e. The van der Waals surface area contributed by atoms with Crippen LogP contribution in [0.25, 0.3) is 10.9 Å². The molecule has 0 spiro atoms. The fourth-order valence-electron chi connectivity index (χ4n) is 1.86. The maximum absolute atomic E-state index is 12.2. The van der Waals surface area contributed by atoms with Gasteiger partial charge in [-0.05, 0) is 6.07 Å². The number of hydrogen-bond donors (Lipinski definition) is 2. The Morgan fingerprint density at radius 3 is 2.67 bits per heavy atom. The van der Waals surface area contributed by atoms with Crippen LogP contribution < -0.4 is 11.1 Å². The van der Waals surface area contributed by atoms with E-state index >= 15 is 0 Å². The topological polar surface area (TPSA) is 101 Å². The van der Waals surface area contributed by atoms with Gasteiger partial charge in [0.05, 0.1) is 5.52 Å². The van der Waals surface area contributed by atoms with Crippen LogP contribution in [0, 0.1) is 0 Å². The Morgan fingerprint density at radius 1 is 1.24 bits per heavy atom. The highest BCUT2D eigenvalue weighted by molar-refractivity contribution is 6.04. The highest BCUT2D eigenvalue weighted by atomic mass is 16.2. The third kappa shape index (κ3) is 3.44. The van der Waals surface area contributed by atoms with Gasteiger partial charge in [0.25, 0.3) is 5.91 Å². The number of benzene rings is 1. The molecule has 1 heterocycles. The van der Waals surface area contributed by atoms with Crippen LogP contribution in [-0.2, 0) is 4.79 Å². The minimum atomic E-state index is -0.369. The summed E-state index contributed by atoms with van der Waals surface area (Å²) in [5, 5.41) is 3.30. The average molecular weight is 287 g/mol. The quantitative estimate of drug-likeness (QED) is 0.848. The SMILES string of the molecule is CN(C)C(=O)CCNC(=O)c1nc(N)nc2ccccc12. The summed E-state index contributed by atoms with van der Waals surface area (Å²) in [5.74, 6) is -0.377. The van der Waals surface area contributed by atoms with Crippen molar-refractivity contribution < 1.29 is 9.59 Å². The van der Waals surface area contributed by atoms with E-state index in [2.05, 4.69) is 15.3 Å². The van der Waals surface area contributed by atoms with Gasteiger partial charge in [-0.25, -0.2) is 9.97 Å². The van der Waals surface area contributed by atoms with E-state index < -0.39 is 0 Å². The maximum Gasteiger partial charge on any atom is 0.270 e. The van der Waals surface area contributed by atoms with E-state index in [9.17, 15) is 9.59 Å². The molecule has 1 aromatic carbocycles. The van der Waals surface area contributed by atoms with Gasteiger partial charge in [-0.1, -0.05) is 18.2 Å². The zero-order valence-corrected chi connectivity index (χ0v) is 12.0. The second kappa shape index (κ2) is 6.17. The second-order valence-corrected chi connectivity index (χ2v) is 4.74. The number of aromatic nitrogens is 2. The summed E-state index contributed by atoms with van der Waals surface area (Å²) in [4.78, 5) is 33.2. The lowest BCUT2D eigenvalue weighted by atomic mass is 10.2. The number of hydrogen-bond acceptors (Lipinski definition) is 5. The van der Waals surface area contributed by atoms with Gasteiger partial charge in [0, 0.05) is 32.4 Å². The van der Waals surface area contributed by atoms with E-state index in [1.54, 1.807) is 32.3 Å². The molecule has 0 fully saturated rings. The number of para-hydroxylation sites is 1. The molecule has 2 aromatic rings. The second-order valence-electron chi connectivity index (χ2n) is 4.74. The first-order valence-corrected chi connectivity index (χ1v) is 6.49. The lowest BCUT2D eigenvalue weighted by Crippen LogP contribution is -2.30. The Bertz CT molecular complexity index is 684. The Labute approximate surface area is 122 Å². The van der Waals surface area contributed by atoms with Crippen molar-refractivity contribution in [2.24, 2.45) is 0 Å². The first kappa shape index (κ1) is 14.7. The van der Waals surface area contributed by atoms with Gasteiger partial charge < -0.3 is 16.0 Å². The smallest absolute Gasteiger partial charge is 0.270 e. The fraction of sp³-hybridized carbons (Fsp3) is 0.286. The predicted molar refractivity (Wildman–Crippen MR) is 79.6 cm³/mol. The Hall–Kier alpha value is -2.70. The lowest BCUT2D eigenvalue weighted by molar-refractivity contribution is -0.128. The van der Waals surface area contributed by atoms with Gasteiger partial charge >= 0.3 is 0 Å². The molecule has 0 saturated heterocycles. The number of carbonyl (C=O) groups is 2. The average Bonchev–Trinajstić information content (AvgIpc) is 2.45. The summed E-state index contributed by atoms with van der Waals surface area (Å²) in [6, 6.07) is 7.13. The number of nitrogens with zero attached hydrogens (tertiary/aromatic N) is 3. The zero-order chi connectivity index (χ0) is 15.4. The molecule has 0 radical (unpaired) electrons. The summed E-state index contributed by atoms with van der Waals surface area (Å²) in [6.07, 6.45) is 0.233. The van der Waals surface area contributed by atoms with Crippen molar-refractivity contribution in [1.82, 2.24) is 20.2 Å². The molecule has 110 valence electrons. The van der Waals surface area contributed by atoms with Crippen LogP contribution >= 0.6 is 0 Å². The van der Waals surface area contributed by atoms with Crippen LogP contribution in [0.3, 0.4) is 0 Å². The third-order valence-electron chi connectivity index (χ3n) is 2.96. The van der Waals surface area contributed by atoms with Crippen LogP contribution in [0.2, 0.25) is 0 Å². The zero-order valence-electron chi connectivity index (χ0n) is 12.0. The third-order valence-corrected chi connectivity index (χ3v) is 2.96. The molecule has 0 saturated carbocycles. The first-order valence-electron chi connectivity index (χ1n) is 6.49. The standard InChI is InChI=1S/C14H17N5O2/c1-19(2)11(20)7-8-16-13(21)12-9-5-3-4-6-10(9)17-14(15)18-12/h3-6H,7-8H2,1-2H3,(H,16,21)(H2,15,17,18). The highest BCUT2D eigenvalue weighted by Gasteiger charge is 2.14. The van der Waals surface area contributed by atoms with Crippen molar-refractivity contribution in [3.8, 4) is 0 Å². The van der Waals surface area contributed by atoms with Crippen LogP contribution in [0.1, 0.15) is 16.9 Å². The molecule has 0 aliphatic heterocycles. The molecule has 0 atom stereocenters. The number of nitrogens with one attached hydrogen (secondary N) is 1. The van der Waals surface area contributed by atoms with E-state index in [-0.39, 0.29) is 36.4 Å². The van der Waals surface area contributed by atoms with Crippen molar-refractivity contribution in [2.45, 2.75) is 6.42 Å². The lowest BCUT2D eigenvalue weighted by Gasteiger charge is -2.11. The van der Waals surface area contributed by atoms with Crippen LogP contribution in [-0.4, -0.2) is 47.3 Å². The van der Waals surface area contributed by atoms with Gasteiger partial charge in [-0.3, -0.25) is 9.59 Å². The Morgan fingerprint density at radius 2 is 1.95 bits per heavy atom. The fourth-order valence-corrected chi connectivity index (χ4v) is 1.86. The van der Waals surface area contributed by atoms with Gasteiger partial charge in [0.15, 0.2) is 0 Å². The van der Waals surface area contributed by atoms with Gasteiger partial charge in [0.1, 0.15) is 5.69 Å². The van der Waals surface area contributed by atoms with Crippen molar-refractivity contribution in [1.29, 1.82) is 0 Å². The Kier molecular flexibility index (Phi) is 4.32. The molecule has 1 aromatic heterocycles. The van der Waals surface area contributed by atoms with E-state index in [0.717, 1.165) is 0 Å². The molecule has 2 amide bonds. The first-order chi connectivity index (χ1) is 9.99. The van der Waals surface area contributed by atoms with Crippen LogP contribution in [0.5, 0.6) is 0 Å². The molecule has 3 N–H and O–H groups in total. The molecular formula is C14H17N5O2. The highest BCUT2D eigenvalue weighted by Crippen LogP contribution is 2.16. The number of amides is 2. The summed E-state index contributed by atoms with van der Waals surface area (Å²) in [5.41, 5.74) is 6.44. The summed E-state index contributed by atoms with van der Waals surface area (Å²) < 4.78 is 0. The van der Waals surface area contributed by atoms with Crippen molar-refractivity contribution in [3.63, 3.8) is 0 Å². The maximum atomic E-state index is 12.2. The molecular weight excluding hydrogens is 270 g/mol. The molecule has 7 heteroatoms. The number of rotatable bonds is 4. The summed E-state index contributed by atoms with van der Waals surface area (Å²) in [7, 11) is 3.34. The van der Waals surface area contributed by atoms with Crippen LogP contribution in [0.15, 0.2) is 24.3 Å². The number of nitrogens with two attached hydrogens (primary N) is 1. The summed E-state index contributed by atoms with van der Waals surface area (Å²) in [6.45, 7) is 0.244. The van der Waals surface area contributed by atoms with E-state index in [1.807, 2.05) is 6.07 Å². The van der Waals surface area contributed by atoms with E-state index in [1.165, 1.54) is 4.90 Å². The molecule has 0 aliphatic carbocycles. The largest absolute Gasteiger partial charge is 0.368 e. The van der Waals surface area contributed by atoms with Crippen molar-refractivity contribution in [2.75, 3.05) is 26.4 Å². The number of carbonyl (C=O) groups excluding carboxylic acids is 2. The van der Waals surface area contributed by atoms with Gasteiger partial charge in [0.2, 0.25) is 11.9 Å². The van der Waals surface area contributed by atoms with E-state index in [0.29, 0.717) is 10.9 Å². The number of nitrogen functional groups attached to an aromatic ring is 1. The Balaban J connectivity index is 2.14. The van der Waals surface area contributed by atoms with Crippen molar-refractivity contribution >= 4 is 28.7 Å². The molecule has 0 bridgehead atoms. The van der Waals surface area contributed by atoms with Crippen LogP contribution in [0.4, 0.5) is 5.95 Å². The summed E-state index contributed by atoms with van der Waals surface area (Å²) >= 11 is 0. The normalized spacial score (nSPS) is 10.4. The molecule has 0 aliphatic rings. The molecule has 0 unspecified atom stereocenters. The molecule has 2 rings (SSSR count).